The lowest BCUT2D eigenvalue weighted by atomic mass is 10.1. The first-order chi connectivity index (χ1) is 7.33. The van der Waals surface area contributed by atoms with E-state index in [9.17, 15) is 4.39 Å². The Labute approximate surface area is 95.5 Å². The molecule has 0 heterocycles. The molecule has 15 heavy (non-hydrogen) atoms. The minimum Gasteiger partial charge on any atom is -0.316 e. The van der Waals surface area contributed by atoms with Gasteiger partial charge in [-0.15, -0.1) is 0 Å². The number of halogens is 1. The number of hydrogen-bond acceptors (Lipinski definition) is 2. The molecule has 0 amide bonds. The number of nitrogens with one attached hydrogen (secondary N) is 1. The lowest BCUT2D eigenvalue weighted by Gasteiger charge is -2.04. The van der Waals surface area contributed by atoms with E-state index < -0.39 is 0 Å². The average molecular weight is 227 g/mol. The summed E-state index contributed by atoms with van der Waals surface area (Å²) in [6.07, 6.45) is 0.897. The summed E-state index contributed by atoms with van der Waals surface area (Å²) in [5.74, 6) is 2.18. The first kappa shape index (κ1) is 12.5. The smallest absolute Gasteiger partial charge is 0.123 e. The molecule has 0 aliphatic heterocycles. The van der Waals surface area contributed by atoms with Crippen LogP contribution in [0.3, 0.4) is 0 Å². The highest BCUT2D eigenvalue weighted by atomic mass is 32.2. The van der Waals surface area contributed by atoms with Crippen LogP contribution in [0.1, 0.15) is 12.5 Å². The van der Waals surface area contributed by atoms with Crippen molar-refractivity contribution in [3.63, 3.8) is 0 Å². The molecule has 0 aliphatic rings. The quantitative estimate of drug-likeness (QED) is 0.719. The number of rotatable bonds is 7. The molecular weight excluding hydrogens is 209 g/mol. The second-order valence-corrected chi connectivity index (χ2v) is 4.72. The fourth-order valence-electron chi connectivity index (χ4n) is 1.34. The van der Waals surface area contributed by atoms with Crippen molar-refractivity contribution >= 4 is 11.8 Å². The molecular formula is C12H18FNS. The van der Waals surface area contributed by atoms with Gasteiger partial charge in [0.25, 0.3) is 0 Å². The third-order valence-electron chi connectivity index (χ3n) is 2.11. The van der Waals surface area contributed by atoms with Crippen LogP contribution in [0.5, 0.6) is 0 Å². The zero-order chi connectivity index (χ0) is 10.9. The Kier molecular flexibility index (Phi) is 6.44. The van der Waals surface area contributed by atoms with Crippen LogP contribution in [0.25, 0.3) is 0 Å². The second kappa shape index (κ2) is 7.71. The summed E-state index contributed by atoms with van der Waals surface area (Å²) in [5.41, 5.74) is 1.06. The van der Waals surface area contributed by atoms with Crippen LogP contribution in [0, 0.1) is 5.82 Å². The van der Waals surface area contributed by atoms with Gasteiger partial charge < -0.3 is 5.32 Å². The van der Waals surface area contributed by atoms with E-state index in [1.165, 1.54) is 11.8 Å². The minimum atomic E-state index is -0.144. The number of thioether (sulfide) groups is 1. The highest BCUT2D eigenvalue weighted by molar-refractivity contribution is 7.99. The molecule has 1 aromatic rings. The van der Waals surface area contributed by atoms with Crippen LogP contribution >= 0.6 is 11.8 Å². The standard InChI is InChI=1S/C12H18FNS/c1-2-15-9-8-14-7-6-11-4-3-5-12(13)10-11/h3-5,10,14H,2,6-9H2,1H3. The third-order valence-corrected chi connectivity index (χ3v) is 3.01. The topological polar surface area (TPSA) is 12.0 Å². The summed E-state index contributed by atoms with van der Waals surface area (Å²) in [6.45, 7) is 4.12. The first-order valence-electron chi connectivity index (χ1n) is 5.36. The van der Waals surface area contributed by atoms with Crippen LogP contribution in [-0.2, 0) is 6.42 Å². The Balaban J connectivity index is 2.10. The Morgan fingerprint density at radius 3 is 2.93 bits per heavy atom. The Morgan fingerprint density at radius 1 is 1.33 bits per heavy atom. The maximum absolute atomic E-state index is 12.8. The van der Waals surface area contributed by atoms with E-state index in [-0.39, 0.29) is 5.82 Å². The van der Waals surface area contributed by atoms with Gasteiger partial charge in [0.1, 0.15) is 5.82 Å². The van der Waals surface area contributed by atoms with Gasteiger partial charge in [0.15, 0.2) is 0 Å². The van der Waals surface area contributed by atoms with Crippen molar-refractivity contribution in [1.29, 1.82) is 0 Å². The number of hydrogen-bond donors (Lipinski definition) is 1. The van der Waals surface area contributed by atoms with Crippen LogP contribution < -0.4 is 5.32 Å². The molecule has 1 nitrogen and oxygen atoms in total. The summed E-state index contributed by atoms with van der Waals surface area (Å²) in [5, 5.41) is 3.34. The summed E-state index contributed by atoms with van der Waals surface area (Å²) in [4.78, 5) is 0. The molecule has 0 saturated carbocycles. The molecule has 1 N–H and O–H groups in total. The molecule has 0 bridgehead atoms. The molecule has 0 atom stereocenters. The minimum absolute atomic E-state index is 0.144. The van der Waals surface area contributed by atoms with Crippen molar-refractivity contribution in [3.05, 3.63) is 35.6 Å². The molecule has 0 aromatic heterocycles. The predicted molar refractivity (Wildman–Crippen MR) is 66.0 cm³/mol. The van der Waals surface area contributed by atoms with Gasteiger partial charge in [-0.2, -0.15) is 11.8 Å². The van der Waals surface area contributed by atoms with Crippen molar-refractivity contribution in [2.45, 2.75) is 13.3 Å². The number of benzene rings is 1. The lowest BCUT2D eigenvalue weighted by molar-refractivity contribution is 0.623. The summed E-state index contributed by atoms with van der Waals surface area (Å²) in [6, 6.07) is 6.81. The van der Waals surface area contributed by atoms with E-state index in [0.717, 1.165) is 30.8 Å². The fraction of sp³-hybridized carbons (Fsp3) is 0.500. The summed E-state index contributed by atoms with van der Waals surface area (Å²) in [7, 11) is 0. The van der Waals surface area contributed by atoms with Gasteiger partial charge in [-0.3, -0.25) is 0 Å². The maximum atomic E-state index is 12.8. The molecule has 0 radical (unpaired) electrons. The highest BCUT2D eigenvalue weighted by Crippen LogP contribution is 2.03. The molecule has 0 saturated heterocycles. The molecule has 0 spiro atoms. The Hall–Kier alpha value is -0.540. The predicted octanol–water partition coefficient (Wildman–Crippen LogP) is 2.71. The van der Waals surface area contributed by atoms with Crippen molar-refractivity contribution in [1.82, 2.24) is 5.32 Å². The second-order valence-electron chi connectivity index (χ2n) is 3.33. The van der Waals surface area contributed by atoms with Gasteiger partial charge in [0.2, 0.25) is 0 Å². The molecule has 0 unspecified atom stereocenters. The normalized spacial score (nSPS) is 10.5. The van der Waals surface area contributed by atoms with Crippen molar-refractivity contribution in [2.24, 2.45) is 0 Å². The highest BCUT2D eigenvalue weighted by Gasteiger charge is 1.94. The van der Waals surface area contributed by atoms with Gasteiger partial charge in [-0.25, -0.2) is 4.39 Å². The van der Waals surface area contributed by atoms with E-state index in [1.54, 1.807) is 12.1 Å². The van der Waals surface area contributed by atoms with Crippen molar-refractivity contribution < 1.29 is 4.39 Å². The molecule has 3 heteroatoms. The van der Waals surface area contributed by atoms with Crippen molar-refractivity contribution in [3.8, 4) is 0 Å². The molecule has 0 aliphatic carbocycles. The lowest BCUT2D eigenvalue weighted by Crippen LogP contribution is -2.20. The monoisotopic (exact) mass is 227 g/mol. The van der Waals surface area contributed by atoms with Crippen LogP contribution in [0.15, 0.2) is 24.3 Å². The van der Waals surface area contributed by atoms with E-state index in [2.05, 4.69) is 12.2 Å². The Morgan fingerprint density at radius 2 is 2.20 bits per heavy atom. The fourth-order valence-corrected chi connectivity index (χ4v) is 1.92. The summed E-state index contributed by atoms with van der Waals surface area (Å²) >= 11 is 1.93. The van der Waals surface area contributed by atoms with Gasteiger partial charge in [0.05, 0.1) is 0 Å². The SMILES string of the molecule is CCSCCNCCc1cccc(F)c1. The first-order valence-corrected chi connectivity index (χ1v) is 6.51. The average Bonchev–Trinajstić information content (AvgIpc) is 2.23. The Bertz CT molecular complexity index is 278. The van der Waals surface area contributed by atoms with Crippen molar-refractivity contribution in [2.75, 3.05) is 24.6 Å². The molecule has 1 rings (SSSR count). The molecule has 0 fully saturated rings. The van der Waals surface area contributed by atoms with E-state index in [0.29, 0.717) is 0 Å². The third kappa shape index (κ3) is 5.80. The molecule has 1 aromatic carbocycles. The van der Waals surface area contributed by atoms with E-state index in [4.69, 9.17) is 0 Å². The maximum Gasteiger partial charge on any atom is 0.123 e. The van der Waals surface area contributed by atoms with E-state index >= 15 is 0 Å². The summed E-state index contributed by atoms with van der Waals surface area (Å²) < 4.78 is 12.8. The van der Waals surface area contributed by atoms with E-state index in [1.807, 2.05) is 17.8 Å². The van der Waals surface area contributed by atoms with Crippen LogP contribution in [0.2, 0.25) is 0 Å². The van der Waals surface area contributed by atoms with Gasteiger partial charge >= 0.3 is 0 Å². The largest absolute Gasteiger partial charge is 0.316 e. The molecule has 84 valence electrons. The van der Waals surface area contributed by atoms with Gasteiger partial charge in [0, 0.05) is 12.3 Å². The zero-order valence-corrected chi connectivity index (χ0v) is 9.95. The zero-order valence-electron chi connectivity index (χ0n) is 9.13. The van der Waals surface area contributed by atoms with Crippen LogP contribution in [-0.4, -0.2) is 24.6 Å². The van der Waals surface area contributed by atoms with Gasteiger partial charge in [-0.1, -0.05) is 19.1 Å². The van der Waals surface area contributed by atoms with Gasteiger partial charge in [-0.05, 0) is 36.4 Å². The van der Waals surface area contributed by atoms with Crippen LogP contribution in [0.4, 0.5) is 4.39 Å².